The molecule has 1 aromatic rings. The fourth-order valence-corrected chi connectivity index (χ4v) is 2.89. The topological polar surface area (TPSA) is 122 Å². The van der Waals surface area contributed by atoms with E-state index >= 15 is 0 Å². The first kappa shape index (κ1) is 19.7. The molecule has 0 saturated carbocycles. The van der Waals surface area contributed by atoms with E-state index < -0.39 is 28.4 Å². The number of carbonyl (C=O) groups excluding carboxylic acids is 1. The number of carbonyl (C=O) groups is 2. The highest BCUT2D eigenvalue weighted by molar-refractivity contribution is 7.89. The number of carboxylic acids is 1. The molecule has 0 saturated heterocycles. The van der Waals surface area contributed by atoms with Crippen LogP contribution in [-0.4, -0.2) is 64.7 Å². The van der Waals surface area contributed by atoms with Crippen molar-refractivity contribution in [2.45, 2.75) is 11.3 Å². The Balaban J connectivity index is 2.70. The summed E-state index contributed by atoms with van der Waals surface area (Å²) in [6, 6.07) is 4.11. The van der Waals surface area contributed by atoms with E-state index in [0.29, 0.717) is 5.75 Å². The smallest absolute Gasteiger partial charge is 0.323 e. The molecular formula is C14H20N2O7S. The molecule has 1 aromatic carbocycles. The van der Waals surface area contributed by atoms with E-state index in [9.17, 15) is 18.0 Å². The molecule has 24 heavy (non-hydrogen) atoms. The predicted molar refractivity (Wildman–Crippen MR) is 84.6 cm³/mol. The average molecular weight is 360 g/mol. The van der Waals surface area contributed by atoms with Crippen molar-refractivity contribution in [2.24, 2.45) is 0 Å². The Kier molecular flexibility index (Phi) is 6.98. The van der Waals surface area contributed by atoms with Crippen LogP contribution in [0.25, 0.3) is 0 Å². The van der Waals surface area contributed by atoms with Gasteiger partial charge in [-0.25, -0.2) is 13.1 Å². The number of aliphatic carboxylic acids is 1. The number of sulfonamides is 1. The molecule has 1 amide bonds. The molecule has 0 radical (unpaired) electrons. The summed E-state index contributed by atoms with van der Waals surface area (Å²) in [5.74, 6) is -0.969. The van der Waals surface area contributed by atoms with Crippen molar-refractivity contribution in [1.29, 1.82) is 0 Å². The Morgan fingerprint density at radius 1 is 1.21 bits per heavy atom. The summed E-state index contributed by atoms with van der Waals surface area (Å²) in [5, 5.41) is 8.60. The van der Waals surface area contributed by atoms with E-state index in [1.54, 1.807) is 0 Å². The first-order chi connectivity index (χ1) is 11.2. The van der Waals surface area contributed by atoms with Crippen LogP contribution in [0, 0.1) is 0 Å². The molecule has 0 aromatic heterocycles. The van der Waals surface area contributed by atoms with Crippen LogP contribution in [0.2, 0.25) is 0 Å². The number of likely N-dealkylation sites (N-methyl/N-ethyl adjacent to an activating group) is 1. The Labute approximate surface area is 140 Å². The van der Waals surface area contributed by atoms with Crippen molar-refractivity contribution < 1.29 is 32.6 Å². The minimum atomic E-state index is -3.83. The Bertz CT molecular complexity index is 703. The summed E-state index contributed by atoms with van der Waals surface area (Å²) in [4.78, 5) is 23.2. The number of nitrogens with zero attached hydrogens (tertiary/aromatic N) is 1. The normalized spacial score (nSPS) is 11.0. The van der Waals surface area contributed by atoms with E-state index in [4.69, 9.17) is 14.6 Å². The van der Waals surface area contributed by atoms with Gasteiger partial charge in [-0.2, -0.15) is 0 Å². The lowest BCUT2D eigenvalue weighted by Crippen LogP contribution is -2.35. The zero-order chi connectivity index (χ0) is 18.3. The fraction of sp³-hybridized carbons (Fsp3) is 0.429. The van der Waals surface area contributed by atoms with Crippen LogP contribution in [-0.2, 0) is 19.6 Å². The minimum absolute atomic E-state index is 0.0357. The summed E-state index contributed by atoms with van der Waals surface area (Å²) in [7, 11) is 0.319. The van der Waals surface area contributed by atoms with Crippen LogP contribution in [0.15, 0.2) is 23.1 Å². The summed E-state index contributed by atoms with van der Waals surface area (Å²) in [6.07, 6.45) is -0.156. The maximum Gasteiger partial charge on any atom is 0.323 e. The highest BCUT2D eigenvalue weighted by Gasteiger charge is 2.18. The maximum absolute atomic E-state index is 12.2. The van der Waals surface area contributed by atoms with Gasteiger partial charge in [0.25, 0.3) is 0 Å². The highest BCUT2D eigenvalue weighted by atomic mass is 32.2. The fourth-order valence-electron chi connectivity index (χ4n) is 1.84. The van der Waals surface area contributed by atoms with Crippen molar-refractivity contribution in [3.05, 3.63) is 18.2 Å². The molecule has 9 nitrogen and oxygen atoms in total. The highest BCUT2D eigenvalue weighted by Crippen LogP contribution is 2.29. The van der Waals surface area contributed by atoms with Gasteiger partial charge in [0.1, 0.15) is 6.54 Å². The zero-order valence-electron chi connectivity index (χ0n) is 13.6. The van der Waals surface area contributed by atoms with Gasteiger partial charge in [-0.05, 0) is 12.1 Å². The third-order valence-corrected chi connectivity index (χ3v) is 4.55. The van der Waals surface area contributed by atoms with E-state index in [2.05, 4.69) is 4.72 Å². The molecule has 0 aliphatic rings. The molecule has 0 bridgehead atoms. The van der Waals surface area contributed by atoms with Gasteiger partial charge >= 0.3 is 5.97 Å². The molecular weight excluding hydrogens is 340 g/mol. The van der Waals surface area contributed by atoms with E-state index in [1.165, 1.54) is 39.5 Å². The summed E-state index contributed by atoms with van der Waals surface area (Å²) >= 11 is 0. The van der Waals surface area contributed by atoms with E-state index in [-0.39, 0.29) is 23.6 Å². The Morgan fingerprint density at radius 3 is 2.38 bits per heavy atom. The second kappa shape index (κ2) is 8.50. The lowest BCUT2D eigenvalue weighted by molar-refractivity contribution is -0.143. The molecule has 0 spiro atoms. The summed E-state index contributed by atoms with van der Waals surface area (Å²) < 4.78 is 36.8. The van der Waals surface area contributed by atoms with Crippen molar-refractivity contribution in [1.82, 2.24) is 9.62 Å². The third-order valence-electron chi connectivity index (χ3n) is 3.09. The van der Waals surface area contributed by atoms with Gasteiger partial charge < -0.3 is 19.5 Å². The monoisotopic (exact) mass is 360 g/mol. The van der Waals surface area contributed by atoms with Gasteiger partial charge in [-0.15, -0.1) is 0 Å². The van der Waals surface area contributed by atoms with Gasteiger partial charge in [0.2, 0.25) is 15.9 Å². The Morgan fingerprint density at radius 2 is 1.83 bits per heavy atom. The first-order valence-electron chi connectivity index (χ1n) is 6.88. The van der Waals surface area contributed by atoms with Gasteiger partial charge in [0.15, 0.2) is 11.5 Å². The molecule has 1 rings (SSSR count). The molecule has 0 aliphatic heterocycles. The van der Waals surface area contributed by atoms with E-state index in [0.717, 1.165) is 4.90 Å². The van der Waals surface area contributed by atoms with Crippen LogP contribution in [0.5, 0.6) is 11.5 Å². The van der Waals surface area contributed by atoms with Crippen LogP contribution in [0.3, 0.4) is 0 Å². The molecule has 0 atom stereocenters. The van der Waals surface area contributed by atoms with E-state index in [1.807, 2.05) is 0 Å². The van der Waals surface area contributed by atoms with Crippen molar-refractivity contribution >= 4 is 21.9 Å². The predicted octanol–water partition coefficient (Wildman–Crippen LogP) is -0.0848. The molecule has 10 heteroatoms. The number of benzene rings is 1. The molecule has 0 heterocycles. The van der Waals surface area contributed by atoms with Gasteiger partial charge in [0, 0.05) is 26.1 Å². The quantitative estimate of drug-likeness (QED) is 0.631. The second-order valence-corrected chi connectivity index (χ2v) is 6.58. The standard InChI is InChI=1S/C14H20N2O7S/c1-16(9-14(18)19)13(17)6-7-15-24(20,21)10-4-5-11(22-2)12(8-10)23-3/h4-5,8,15H,6-7,9H2,1-3H3,(H,18,19). The number of hydrogen-bond acceptors (Lipinski definition) is 6. The molecule has 134 valence electrons. The summed E-state index contributed by atoms with van der Waals surface area (Å²) in [6.45, 7) is -0.596. The van der Waals surface area contributed by atoms with Crippen LogP contribution < -0.4 is 14.2 Å². The minimum Gasteiger partial charge on any atom is -0.493 e. The van der Waals surface area contributed by atoms with Gasteiger partial charge in [-0.1, -0.05) is 0 Å². The van der Waals surface area contributed by atoms with Crippen molar-refractivity contribution in [2.75, 3.05) is 34.4 Å². The summed E-state index contributed by atoms with van der Waals surface area (Å²) in [5.41, 5.74) is 0. The SMILES string of the molecule is COc1ccc(S(=O)(=O)NCCC(=O)N(C)CC(=O)O)cc1OC. The number of nitrogens with one attached hydrogen (secondary N) is 1. The number of methoxy groups -OCH3 is 2. The van der Waals surface area contributed by atoms with Crippen LogP contribution in [0.4, 0.5) is 0 Å². The van der Waals surface area contributed by atoms with Crippen molar-refractivity contribution in [3.8, 4) is 11.5 Å². The van der Waals surface area contributed by atoms with Crippen molar-refractivity contribution in [3.63, 3.8) is 0 Å². The third kappa shape index (κ3) is 5.39. The second-order valence-electron chi connectivity index (χ2n) is 4.81. The lowest BCUT2D eigenvalue weighted by atomic mass is 10.3. The number of ether oxygens (including phenoxy) is 2. The van der Waals surface area contributed by atoms with Crippen LogP contribution in [0.1, 0.15) is 6.42 Å². The molecule has 2 N–H and O–H groups in total. The Hall–Kier alpha value is -2.33. The van der Waals surface area contributed by atoms with Gasteiger partial charge in [-0.3, -0.25) is 9.59 Å². The lowest BCUT2D eigenvalue weighted by Gasteiger charge is -2.15. The molecule has 0 unspecified atom stereocenters. The molecule has 0 fully saturated rings. The van der Waals surface area contributed by atoms with Crippen LogP contribution >= 0.6 is 0 Å². The number of rotatable bonds is 9. The number of carboxylic acid groups (broad SMARTS) is 1. The largest absolute Gasteiger partial charge is 0.493 e. The maximum atomic E-state index is 12.2. The van der Waals surface area contributed by atoms with Gasteiger partial charge in [0.05, 0.1) is 19.1 Å². The molecule has 0 aliphatic carbocycles. The first-order valence-corrected chi connectivity index (χ1v) is 8.37. The zero-order valence-corrected chi connectivity index (χ0v) is 14.4. The number of hydrogen-bond donors (Lipinski definition) is 2. The number of amides is 1. The average Bonchev–Trinajstić information content (AvgIpc) is 2.53.